The summed E-state index contributed by atoms with van der Waals surface area (Å²) in [6.45, 7) is 14.8. The van der Waals surface area contributed by atoms with E-state index in [9.17, 15) is 14.4 Å². The second-order valence-corrected chi connectivity index (χ2v) is 17.5. The lowest BCUT2D eigenvalue weighted by atomic mass is 9.44. The average Bonchev–Trinajstić information content (AvgIpc) is 3.23. The molecule has 2 saturated carbocycles. The van der Waals surface area contributed by atoms with Crippen LogP contribution in [0.4, 0.5) is 0 Å². The van der Waals surface area contributed by atoms with Gasteiger partial charge in [0.25, 0.3) is 0 Å². The van der Waals surface area contributed by atoms with E-state index < -0.39 is 55.4 Å². The topological polar surface area (TPSA) is 97.4 Å². The van der Waals surface area contributed by atoms with E-state index in [-0.39, 0.29) is 23.5 Å². The third kappa shape index (κ3) is 3.98. The van der Waals surface area contributed by atoms with Gasteiger partial charge in [0, 0.05) is 63.5 Å². The molecule has 9 atom stereocenters. The summed E-state index contributed by atoms with van der Waals surface area (Å²) in [7, 11) is -1.31. The maximum Gasteiger partial charge on any atom is 0.302 e. The predicted octanol–water partition coefficient (Wildman–Crippen LogP) is 2.81. The Morgan fingerprint density at radius 2 is 1.70 bits per heavy atom. The molecule has 0 radical (unpaired) electrons. The fraction of sp³-hybridized carbons (Fsp3) is 0.875. The van der Waals surface area contributed by atoms with E-state index in [0.717, 1.165) is 6.04 Å². The molecule has 0 unspecified atom stereocenters. The van der Waals surface area contributed by atoms with Crippen molar-refractivity contribution in [3.63, 3.8) is 0 Å². The van der Waals surface area contributed by atoms with Gasteiger partial charge in [0.05, 0.1) is 13.2 Å². The standard InChI is InChI=1S/C24H38O8Si/c1-13-18-22(28-8-9-33(5,6)7)30-12-24(18)17(32-15(3)26)10-16(31-14(2)25)23(4)11-29-20(19(13)27)21(23)24/h13,16-18,20-22H,8-12H2,1-7H3/t13-,16+,17-,18+,20-,21-,22-,23+,24+/m0/s1. The largest absolute Gasteiger partial charge is 0.462 e. The van der Waals surface area contributed by atoms with E-state index in [2.05, 4.69) is 19.6 Å². The summed E-state index contributed by atoms with van der Waals surface area (Å²) >= 11 is 0. The lowest BCUT2D eigenvalue weighted by Crippen LogP contribution is -2.69. The van der Waals surface area contributed by atoms with Gasteiger partial charge in [-0.1, -0.05) is 33.5 Å². The smallest absolute Gasteiger partial charge is 0.302 e. The first-order valence-electron chi connectivity index (χ1n) is 12.0. The molecule has 2 aliphatic heterocycles. The number of hydrogen-bond donors (Lipinski definition) is 0. The van der Waals surface area contributed by atoms with Crippen LogP contribution in [0.2, 0.25) is 25.7 Å². The van der Waals surface area contributed by atoms with Crippen molar-refractivity contribution >= 4 is 25.8 Å². The van der Waals surface area contributed by atoms with Crippen molar-refractivity contribution in [2.24, 2.45) is 28.6 Å². The van der Waals surface area contributed by atoms with E-state index in [1.807, 2.05) is 13.8 Å². The molecule has 0 aromatic rings. The fourth-order valence-electron chi connectivity index (χ4n) is 6.92. The van der Waals surface area contributed by atoms with Crippen molar-refractivity contribution in [1.29, 1.82) is 0 Å². The summed E-state index contributed by atoms with van der Waals surface area (Å²) in [5.74, 6) is -1.70. The molecule has 186 valence electrons. The normalized spacial score (nSPS) is 44.2. The Morgan fingerprint density at radius 1 is 1.06 bits per heavy atom. The third-order valence-corrected chi connectivity index (χ3v) is 10.1. The van der Waals surface area contributed by atoms with Crippen LogP contribution in [0.3, 0.4) is 0 Å². The lowest BCUT2D eigenvalue weighted by Gasteiger charge is -2.59. The van der Waals surface area contributed by atoms with Gasteiger partial charge in [-0.05, 0) is 6.04 Å². The van der Waals surface area contributed by atoms with Gasteiger partial charge < -0.3 is 23.7 Å². The molecule has 0 amide bonds. The molecular formula is C24H38O8Si. The number of rotatable bonds is 6. The molecule has 0 N–H and O–H groups in total. The summed E-state index contributed by atoms with van der Waals surface area (Å²) < 4.78 is 30.3. The Morgan fingerprint density at radius 3 is 2.30 bits per heavy atom. The highest BCUT2D eigenvalue weighted by molar-refractivity contribution is 6.76. The van der Waals surface area contributed by atoms with Crippen LogP contribution in [0.25, 0.3) is 0 Å². The number of Topliss-reactive ketones (excluding diaryl/α,β-unsaturated/α-hetero) is 1. The predicted molar refractivity (Wildman–Crippen MR) is 121 cm³/mol. The molecule has 4 aliphatic rings. The van der Waals surface area contributed by atoms with Gasteiger partial charge in [-0.3, -0.25) is 14.4 Å². The molecule has 0 aromatic heterocycles. The molecule has 2 heterocycles. The first kappa shape index (κ1) is 24.8. The molecule has 1 spiro atoms. The first-order valence-corrected chi connectivity index (χ1v) is 15.7. The van der Waals surface area contributed by atoms with Gasteiger partial charge in [-0.25, -0.2) is 0 Å². The van der Waals surface area contributed by atoms with Gasteiger partial charge in [-0.15, -0.1) is 0 Å². The molecule has 0 aromatic carbocycles. The highest BCUT2D eigenvalue weighted by atomic mass is 28.3. The van der Waals surface area contributed by atoms with Gasteiger partial charge in [-0.2, -0.15) is 0 Å². The Hall–Kier alpha value is -1.29. The summed E-state index contributed by atoms with van der Waals surface area (Å²) in [6.07, 6.45) is -1.91. The van der Waals surface area contributed by atoms with Crippen molar-refractivity contribution < 1.29 is 38.1 Å². The molecule has 33 heavy (non-hydrogen) atoms. The van der Waals surface area contributed by atoms with Crippen molar-refractivity contribution in [3.05, 3.63) is 0 Å². The number of hydrogen-bond acceptors (Lipinski definition) is 8. The van der Waals surface area contributed by atoms with Gasteiger partial charge in [0.15, 0.2) is 12.1 Å². The second kappa shape index (κ2) is 8.43. The van der Waals surface area contributed by atoms with Crippen LogP contribution >= 0.6 is 0 Å². The zero-order valence-electron chi connectivity index (χ0n) is 20.8. The van der Waals surface area contributed by atoms with E-state index in [1.165, 1.54) is 13.8 Å². The Bertz CT molecular complexity index is 824. The summed E-state index contributed by atoms with van der Waals surface area (Å²) in [4.78, 5) is 37.6. The first-order chi connectivity index (χ1) is 15.3. The monoisotopic (exact) mass is 482 g/mol. The zero-order chi connectivity index (χ0) is 24.3. The van der Waals surface area contributed by atoms with Crippen LogP contribution in [0, 0.1) is 28.6 Å². The summed E-state index contributed by atoms with van der Waals surface area (Å²) in [5.41, 5.74) is -1.23. The van der Waals surface area contributed by atoms with Crippen molar-refractivity contribution in [3.8, 4) is 0 Å². The molecule has 9 heteroatoms. The number of carbonyl (C=O) groups is 3. The maximum absolute atomic E-state index is 13.5. The number of ether oxygens (including phenoxy) is 5. The molecular weight excluding hydrogens is 444 g/mol. The van der Waals surface area contributed by atoms with Gasteiger partial charge in [0.2, 0.25) is 0 Å². The van der Waals surface area contributed by atoms with E-state index in [0.29, 0.717) is 26.2 Å². The van der Waals surface area contributed by atoms with Gasteiger partial charge in [0.1, 0.15) is 18.3 Å². The highest BCUT2D eigenvalue weighted by Crippen LogP contribution is 2.68. The van der Waals surface area contributed by atoms with Crippen LogP contribution < -0.4 is 0 Å². The van der Waals surface area contributed by atoms with Gasteiger partial charge >= 0.3 is 11.9 Å². The third-order valence-electron chi connectivity index (χ3n) is 8.36. The van der Waals surface area contributed by atoms with Crippen molar-refractivity contribution in [2.45, 2.75) is 84.4 Å². The molecule has 4 fully saturated rings. The molecule has 4 rings (SSSR count). The molecule has 8 nitrogen and oxygen atoms in total. The van der Waals surface area contributed by atoms with E-state index in [4.69, 9.17) is 23.7 Å². The Balaban J connectivity index is 1.75. The molecule has 2 saturated heterocycles. The van der Waals surface area contributed by atoms with Crippen LogP contribution in [0.5, 0.6) is 0 Å². The average molecular weight is 483 g/mol. The van der Waals surface area contributed by atoms with Crippen LogP contribution in [-0.4, -0.2) is 70.2 Å². The summed E-state index contributed by atoms with van der Waals surface area (Å²) in [5, 5.41) is 0. The highest BCUT2D eigenvalue weighted by Gasteiger charge is 2.77. The fourth-order valence-corrected chi connectivity index (χ4v) is 7.65. The minimum absolute atomic E-state index is 0.0266. The SMILES string of the molecule is CC(=O)O[C@H]1C[C@@H](OC(C)=O)[C@@]2(C)CO[C@H]3C(=O)[C@@H](C)[C@@H]4[C@@H](OCC[Si](C)(C)C)OC[C@]41[C@@H]32. The Kier molecular flexibility index (Phi) is 6.34. The van der Waals surface area contributed by atoms with Crippen LogP contribution in [-0.2, 0) is 38.1 Å². The van der Waals surface area contributed by atoms with E-state index in [1.54, 1.807) is 0 Å². The number of ketones is 1. The van der Waals surface area contributed by atoms with Crippen molar-refractivity contribution in [2.75, 3.05) is 19.8 Å². The number of carbonyl (C=O) groups excluding carboxylic acids is 3. The summed E-state index contributed by atoms with van der Waals surface area (Å²) in [6, 6.07) is 0.990. The van der Waals surface area contributed by atoms with Crippen molar-refractivity contribution in [1.82, 2.24) is 0 Å². The number of esters is 2. The lowest BCUT2D eigenvalue weighted by molar-refractivity contribution is -0.222. The quantitative estimate of drug-likeness (QED) is 0.421. The van der Waals surface area contributed by atoms with Crippen LogP contribution in [0.15, 0.2) is 0 Å². The van der Waals surface area contributed by atoms with E-state index >= 15 is 0 Å². The maximum atomic E-state index is 13.5. The minimum Gasteiger partial charge on any atom is -0.462 e. The second-order valence-electron chi connectivity index (χ2n) is 11.8. The minimum atomic E-state index is -1.31. The Labute approximate surface area is 197 Å². The van der Waals surface area contributed by atoms with Crippen LogP contribution in [0.1, 0.15) is 34.1 Å². The zero-order valence-corrected chi connectivity index (χ0v) is 21.8. The molecule has 2 aliphatic carbocycles. The molecule has 0 bridgehead atoms.